The summed E-state index contributed by atoms with van der Waals surface area (Å²) in [5, 5.41) is 3.85. The van der Waals surface area contributed by atoms with Gasteiger partial charge in [0.05, 0.1) is 5.02 Å². The smallest absolute Gasteiger partial charge is 0.267 e. The van der Waals surface area contributed by atoms with Crippen LogP contribution in [-0.2, 0) is 0 Å². The Morgan fingerprint density at radius 3 is 2.81 bits per heavy atom. The molecule has 0 saturated heterocycles. The van der Waals surface area contributed by atoms with Gasteiger partial charge in [0, 0.05) is 19.3 Å². The van der Waals surface area contributed by atoms with E-state index in [4.69, 9.17) is 11.6 Å². The average molecular weight is 432 g/mol. The van der Waals surface area contributed by atoms with Crippen molar-refractivity contribution in [2.45, 2.75) is 0 Å². The molecule has 3 aromatic rings. The van der Waals surface area contributed by atoms with Gasteiger partial charge in [0.2, 0.25) is 0 Å². The standard InChI is InChI=1S/C15H8ClFINOS/c16-13-11-5-4-8(17)6-12(11)21-14(13)15(20)19-10-3-1-2-9(18)7-10/h1-7H,(H,19,20). The molecule has 0 radical (unpaired) electrons. The largest absolute Gasteiger partial charge is 0.321 e. The summed E-state index contributed by atoms with van der Waals surface area (Å²) in [6.07, 6.45) is 0. The number of hydrogen-bond acceptors (Lipinski definition) is 2. The first-order valence-corrected chi connectivity index (χ1v) is 8.26. The summed E-state index contributed by atoms with van der Waals surface area (Å²) in [5.74, 6) is -0.631. The van der Waals surface area contributed by atoms with Crippen molar-refractivity contribution in [3.63, 3.8) is 0 Å². The normalized spacial score (nSPS) is 10.8. The predicted octanol–water partition coefficient (Wildman–Crippen LogP) is 5.55. The third-order valence-corrected chi connectivity index (χ3v) is 5.21. The van der Waals surface area contributed by atoms with E-state index in [1.807, 2.05) is 18.2 Å². The van der Waals surface area contributed by atoms with Crippen molar-refractivity contribution >= 4 is 67.2 Å². The first-order valence-electron chi connectivity index (χ1n) is 5.99. The van der Waals surface area contributed by atoms with Crippen LogP contribution in [0, 0.1) is 9.39 Å². The van der Waals surface area contributed by atoms with Crippen molar-refractivity contribution in [2.24, 2.45) is 0 Å². The number of nitrogens with one attached hydrogen (secondary N) is 1. The molecule has 1 amide bonds. The molecule has 3 rings (SSSR count). The van der Waals surface area contributed by atoms with E-state index < -0.39 is 0 Å². The van der Waals surface area contributed by atoms with Gasteiger partial charge >= 0.3 is 0 Å². The van der Waals surface area contributed by atoms with E-state index in [0.717, 1.165) is 3.57 Å². The topological polar surface area (TPSA) is 29.1 Å². The van der Waals surface area contributed by atoms with Gasteiger partial charge in [0.25, 0.3) is 5.91 Å². The quantitative estimate of drug-likeness (QED) is 0.530. The maximum absolute atomic E-state index is 13.2. The van der Waals surface area contributed by atoms with Crippen molar-refractivity contribution in [3.05, 3.63) is 61.8 Å². The van der Waals surface area contributed by atoms with Crippen LogP contribution in [0.15, 0.2) is 42.5 Å². The van der Waals surface area contributed by atoms with Crippen molar-refractivity contribution in [2.75, 3.05) is 5.32 Å². The molecule has 0 aliphatic rings. The maximum Gasteiger partial charge on any atom is 0.267 e. The van der Waals surface area contributed by atoms with E-state index in [-0.39, 0.29) is 11.7 Å². The van der Waals surface area contributed by atoms with Crippen LogP contribution in [-0.4, -0.2) is 5.91 Å². The van der Waals surface area contributed by atoms with Crippen LogP contribution < -0.4 is 5.32 Å². The summed E-state index contributed by atoms with van der Waals surface area (Å²) in [4.78, 5) is 12.7. The molecule has 21 heavy (non-hydrogen) atoms. The lowest BCUT2D eigenvalue weighted by Crippen LogP contribution is -2.10. The third kappa shape index (κ3) is 3.04. The lowest BCUT2D eigenvalue weighted by molar-refractivity contribution is 0.103. The number of carbonyl (C=O) groups is 1. The highest BCUT2D eigenvalue weighted by Gasteiger charge is 2.17. The Morgan fingerprint density at radius 1 is 1.24 bits per heavy atom. The minimum absolute atomic E-state index is 0.288. The molecule has 1 aromatic heterocycles. The van der Waals surface area contributed by atoms with Crippen molar-refractivity contribution in [1.82, 2.24) is 0 Å². The third-order valence-electron chi connectivity index (χ3n) is 2.88. The fourth-order valence-corrected chi connectivity index (χ4v) is 3.92. The lowest BCUT2D eigenvalue weighted by atomic mass is 10.2. The number of halogens is 3. The number of fused-ring (bicyclic) bond motifs is 1. The summed E-state index contributed by atoms with van der Waals surface area (Å²) < 4.78 is 14.9. The molecule has 2 nitrogen and oxygen atoms in total. The zero-order valence-corrected chi connectivity index (χ0v) is 14.2. The lowest BCUT2D eigenvalue weighted by Gasteiger charge is -2.04. The van der Waals surface area contributed by atoms with E-state index in [1.165, 1.54) is 23.5 Å². The number of thiophene rings is 1. The molecule has 6 heteroatoms. The minimum atomic E-state index is -0.343. The summed E-state index contributed by atoms with van der Waals surface area (Å²) in [5.41, 5.74) is 0.701. The molecule has 0 spiro atoms. The SMILES string of the molecule is O=C(Nc1cccc(I)c1)c1sc2cc(F)ccc2c1Cl. The van der Waals surface area contributed by atoms with Gasteiger partial charge in [-0.3, -0.25) is 4.79 Å². The van der Waals surface area contributed by atoms with Gasteiger partial charge in [-0.1, -0.05) is 17.7 Å². The molecule has 0 bridgehead atoms. The van der Waals surface area contributed by atoms with Gasteiger partial charge in [-0.15, -0.1) is 11.3 Å². The van der Waals surface area contributed by atoms with Gasteiger partial charge < -0.3 is 5.32 Å². The highest BCUT2D eigenvalue weighted by atomic mass is 127. The van der Waals surface area contributed by atoms with Gasteiger partial charge in [0.1, 0.15) is 10.7 Å². The molecule has 0 unspecified atom stereocenters. The Balaban J connectivity index is 1.96. The number of benzene rings is 2. The fourth-order valence-electron chi connectivity index (χ4n) is 1.94. The number of carbonyl (C=O) groups excluding carboxylic acids is 1. The number of hydrogen-bond donors (Lipinski definition) is 1. The molecule has 2 aromatic carbocycles. The Hall–Kier alpha value is -1.18. The first kappa shape index (κ1) is 14.7. The predicted molar refractivity (Wildman–Crippen MR) is 93.9 cm³/mol. The Bertz CT molecular complexity index is 849. The second-order valence-corrected chi connectivity index (χ2v) is 7.03. The van der Waals surface area contributed by atoms with Crippen LogP contribution in [0.1, 0.15) is 9.67 Å². The number of amides is 1. The molecule has 106 valence electrons. The van der Waals surface area contributed by atoms with Crippen molar-refractivity contribution in [3.8, 4) is 0 Å². The second-order valence-electron chi connectivity index (χ2n) is 4.35. The van der Waals surface area contributed by atoms with Gasteiger partial charge in [-0.05, 0) is 59.0 Å². The Morgan fingerprint density at radius 2 is 2.05 bits per heavy atom. The van der Waals surface area contributed by atoms with E-state index in [9.17, 15) is 9.18 Å². The molecule has 0 atom stereocenters. The maximum atomic E-state index is 13.2. The van der Waals surface area contributed by atoms with E-state index in [1.54, 1.807) is 12.1 Å². The molecular weight excluding hydrogens is 424 g/mol. The van der Waals surface area contributed by atoms with Crippen molar-refractivity contribution in [1.29, 1.82) is 0 Å². The van der Waals surface area contributed by atoms with Crippen LogP contribution in [0.25, 0.3) is 10.1 Å². The van der Waals surface area contributed by atoms with Crippen molar-refractivity contribution < 1.29 is 9.18 Å². The number of rotatable bonds is 2. The Kier molecular flexibility index (Phi) is 4.14. The summed E-state index contributed by atoms with van der Waals surface area (Å²) in [6, 6.07) is 11.8. The van der Waals surface area contributed by atoms with E-state index in [2.05, 4.69) is 27.9 Å². The minimum Gasteiger partial charge on any atom is -0.321 e. The van der Waals surface area contributed by atoms with Gasteiger partial charge in [-0.2, -0.15) is 0 Å². The second kappa shape index (κ2) is 5.90. The molecule has 0 fully saturated rings. The van der Waals surface area contributed by atoms with Crippen LogP contribution >= 0.6 is 45.5 Å². The molecule has 1 heterocycles. The molecule has 1 N–H and O–H groups in total. The van der Waals surface area contributed by atoms with Crippen LogP contribution in [0.5, 0.6) is 0 Å². The van der Waals surface area contributed by atoms with E-state index >= 15 is 0 Å². The highest BCUT2D eigenvalue weighted by molar-refractivity contribution is 14.1. The van der Waals surface area contributed by atoms with Crippen LogP contribution in [0.2, 0.25) is 5.02 Å². The summed E-state index contributed by atoms with van der Waals surface area (Å²) >= 11 is 9.58. The molecule has 0 aliphatic heterocycles. The zero-order chi connectivity index (χ0) is 15.0. The fraction of sp³-hybridized carbons (Fsp3) is 0. The highest BCUT2D eigenvalue weighted by Crippen LogP contribution is 2.36. The molecule has 0 aliphatic carbocycles. The first-order chi connectivity index (χ1) is 10.0. The number of anilines is 1. The summed E-state index contributed by atoms with van der Waals surface area (Å²) in [7, 11) is 0. The average Bonchev–Trinajstić information content (AvgIpc) is 2.75. The monoisotopic (exact) mass is 431 g/mol. The molecule has 0 saturated carbocycles. The molecular formula is C15H8ClFINOS. The summed E-state index contributed by atoms with van der Waals surface area (Å²) in [6.45, 7) is 0. The van der Waals surface area contributed by atoms with Gasteiger partial charge in [-0.25, -0.2) is 4.39 Å². The van der Waals surface area contributed by atoms with E-state index in [0.29, 0.717) is 25.7 Å². The Labute approximate surface area is 143 Å². The van der Waals surface area contributed by atoms with Crippen LogP contribution in [0.3, 0.4) is 0 Å². The van der Waals surface area contributed by atoms with Crippen LogP contribution in [0.4, 0.5) is 10.1 Å². The van der Waals surface area contributed by atoms with Gasteiger partial charge in [0.15, 0.2) is 0 Å². The zero-order valence-electron chi connectivity index (χ0n) is 10.5.